The van der Waals surface area contributed by atoms with Crippen LogP contribution in [0.3, 0.4) is 0 Å². The monoisotopic (exact) mass is 329 g/mol. The number of dihydropyridines is 1. The van der Waals surface area contributed by atoms with Gasteiger partial charge in [-0.25, -0.2) is 4.39 Å². The SMILES string of the molecule is CCc1cc([C@@H]2C3=C(CCS3)NC3=C2C(=O)CCC3)ccc1F. The lowest BCUT2D eigenvalue weighted by molar-refractivity contribution is -0.116. The number of aryl methyl sites for hydroxylation is 1. The van der Waals surface area contributed by atoms with Crippen molar-refractivity contribution in [2.75, 3.05) is 5.75 Å². The predicted molar refractivity (Wildman–Crippen MR) is 91.6 cm³/mol. The van der Waals surface area contributed by atoms with Gasteiger partial charge in [-0.3, -0.25) is 4.79 Å². The van der Waals surface area contributed by atoms with Crippen LogP contribution in [0.5, 0.6) is 0 Å². The number of benzene rings is 1. The van der Waals surface area contributed by atoms with Gasteiger partial charge in [-0.05, 0) is 42.9 Å². The molecule has 0 saturated heterocycles. The van der Waals surface area contributed by atoms with E-state index in [-0.39, 0.29) is 17.5 Å². The molecule has 4 rings (SSSR count). The van der Waals surface area contributed by atoms with E-state index in [0.717, 1.165) is 47.4 Å². The average molecular weight is 329 g/mol. The van der Waals surface area contributed by atoms with Crippen molar-refractivity contribution in [2.24, 2.45) is 0 Å². The molecular weight excluding hydrogens is 309 g/mol. The van der Waals surface area contributed by atoms with Crippen molar-refractivity contribution in [3.8, 4) is 0 Å². The number of carbonyl (C=O) groups excluding carboxylic acids is 1. The Kier molecular flexibility index (Phi) is 3.80. The smallest absolute Gasteiger partial charge is 0.161 e. The van der Waals surface area contributed by atoms with Crippen LogP contribution in [0.25, 0.3) is 0 Å². The molecule has 0 saturated carbocycles. The highest BCUT2D eigenvalue weighted by atomic mass is 32.2. The maximum absolute atomic E-state index is 13.9. The largest absolute Gasteiger partial charge is 0.361 e. The summed E-state index contributed by atoms with van der Waals surface area (Å²) in [6.45, 7) is 1.97. The summed E-state index contributed by atoms with van der Waals surface area (Å²) in [6, 6.07) is 5.38. The fourth-order valence-electron chi connectivity index (χ4n) is 3.86. The molecule has 0 fully saturated rings. The number of nitrogens with one attached hydrogen (secondary N) is 1. The van der Waals surface area contributed by atoms with Gasteiger partial charge in [0, 0.05) is 40.0 Å². The summed E-state index contributed by atoms with van der Waals surface area (Å²) in [5, 5.41) is 3.53. The van der Waals surface area contributed by atoms with Crippen LogP contribution in [-0.4, -0.2) is 11.5 Å². The average Bonchev–Trinajstić information content (AvgIpc) is 3.02. The van der Waals surface area contributed by atoms with Crippen molar-refractivity contribution in [3.63, 3.8) is 0 Å². The third-order valence-electron chi connectivity index (χ3n) is 5.00. The molecule has 23 heavy (non-hydrogen) atoms. The number of rotatable bonds is 2. The van der Waals surface area contributed by atoms with E-state index in [9.17, 15) is 9.18 Å². The van der Waals surface area contributed by atoms with Gasteiger partial charge >= 0.3 is 0 Å². The van der Waals surface area contributed by atoms with Gasteiger partial charge in [0.25, 0.3) is 0 Å². The molecule has 2 aliphatic heterocycles. The van der Waals surface area contributed by atoms with E-state index in [1.54, 1.807) is 6.07 Å². The van der Waals surface area contributed by atoms with Crippen LogP contribution in [0, 0.1) is 5.82 Å². The zero-order valence-electron chi connectivity index (χ0n) is 13.2. The number of thioether (sulfide) groups is 1. The standard InChI is InChI=1S/C19H20FNOS/c1-2-11-10-12(6-7-13(11)20)17-18-14(4-3-5-16(18)22)21-15-8-9-23-19(15)17/h6-7,10,17,21H,2-5,8-9H2,1H3/t17-/m0/s1. The molecule has 1 N–H and O–H groups in total. The molecule has 1 aromatic carbocycles. The zero-order valence-corrected chi connectivity index (χ0v) is 14.1. The third kappa shape index (κ3) is 2.44. The molecule has 4 heteroatoms. The van der Waals surface area contributed by atoms with E-state index < -0.39 is 0 Å². The highest BCUT2D eigenvalue weighted by Crippen LogP contribution is 2.50. The van der Waals surface area contributed by atoms with Gasteiger partial charge in [0.15, 0.2) is 5.78 Å². The molecule has 1 atom stereocenters. The molecule has 1 aromatic rings. The summed E-state index contributed by atoms with van der Waals surface area (Å²) in [7, 11) is 0. The van der Waals surface area contributed by atoms with Gasteiger partial charge in [-0.2, -0.15) is 0 Å². The Morgan fingerprint density at radius 3 is 2.96 bits per heavy atom. The Morgan fingerprint density at radius 2 is 2.13 bits per heavy atom. The van der Waals surface area contributed by atoms with Crippen LogP contribution in [0.4, 0.5) is 4.39 Å². The van der Waals surface area contributed by atoms with Crippen molar-refractivity contribution in [3.05, 3.63) is 57.0 Å². The lowest BCUT2D eigenvalue weighted by Crippen LogP contribution is -2.30. The van der Waals surface area contributed by atoms with E-state index in [1.165, 1.54) is 10.6 Å². The molecule has 3 aliphatic rings. The van der Waals surface area contributed by atoms with Crippen molar-refractivity contribution >= 4 is 17.5 Å². The quantitative estimate of drug-likeness (QED) is 0.870. The first-order valence-corrected chi connectivity index (χ1v) is 9.35. The first kappa shape index (κ1) is 15.0. The molecule has 0 unspecified atom stereocenters. The Morgan fingerprint density at radius 1 is 1.26 bits per heavy atom. The van der Waals surface area contributed by atoms with Crippen LogP contribution >= 0.6 is 11.8 Å². The number of allylic oxidation sites excluding steroid dienone is 4. The normalized spacial score (nSPS) is 23.7. The van der Waals surface area contributed by atoms with Gasteiger partial charge in [0.1, 0.15) is 5.82 Å². The fourth-order valence-corrected chi connectivity index (χ4v) is 5.13. The fraction of sp³-hybridized carbons (Fsp3) is 0.421. The van der Waals surface area contributed by atoms with Gasteiger partial charge in [-0.15, -0.1) is 11.8 Å². The van der Waals surface area contributed by atoms with Crippen LogP contribution in [0.2, 0.25) is 0 Å². The minimum Gasteiger partial charge on any atom is -0.361 e. The van der Waals surface area contributed by atoms with Crippen molar-refractivity contribution in [1.82, 2.24) is 5.32 Å². The predicted octanol–water partition coefficient (Wildman–Crippen LogP) is 4.43. The second-order valence-electron chi connectivity index (χ2n) is 6.37. The lowest BCUT2D eigenvalue weighted by Gasteiger charge is -2.33. The van der Waals surface area contributed by atoms with E-state index in [4.69, 9.17) is 0 Å². The summed E-state index contributed by atoms with van der Waals surface area (Å²) >= 11 is 1.84. The first-order valence-electron chi connectivity index (χ1n) is 8.36. The maximum atomic E-state index is 13.9. The second kappa shape index (κ2) is 5.82. The van der Waals surface area contributed by atoms with E-state index in [1.807, 2.05) is 30.8 Å². The number of ketones is 1. The molecule has 0 aromatic heterocycles. The van der Waals surface area contributed by atoms with Crippen LogP contribution in [0.1, 0.15) is 49.7 Å². The van der Waals surface area contributed by atoms with Crippen molar-refractivity contribution in [2.45, 2.75) is 44.9 Å². The van der Waals surface area contributed by atoms with Gasteiger partial charge < -0.3 is 5.32 Å². The van der Waals surface area contributed by atoms with Crippen molar-refractivity contribution < 1.29 is 9.18 Å². The zero-order chi connectivity index (χ0) is 16.0. The van der Waals surface area contributed by atoms with E-state index in [2.05, 4.69) is 5.32 Å². The molecule has 120 valence electrons. The number of carbonyl (C=O) groups is 1. The van der Waals surface area contributed by atoms with E-state index in [0.29, 0.717) is 12.8 Å². The number of hydrogen-bond acceptors (Lipinski definition) is 3. The summed E-state index contributed by atoms with van der Waals surface area (Å²) in [4.78, 5) is 13.9. The lowest BCUT2D eigenvalue weighted by atomic mass is 9.79. The molecular formula is C19H20FNOS. The molecule has 0 bridgehead atoms. The first-order chi connectivity index (χ1) is 11.2. The molecule has 0 amide bonds. The molecule has 2 heterocycles. The minimum atomic E-state index is -0.150. The Balaban J connectivity index is 1.86. The summed E-state index contributed by atoms with van der Waals surface area (Å²) in [6.07, 6.45) is 4.20. The molecule has 1 aliphatic carbocycles. The number of Topliss-reactive ketones (excluding diaryl/α,β-unsaturated/α-hetero) is 1. The van der Waals surface area contributed by atoms with E-state index >= 15 is 0 Å². The maximum Gasteiger partial charge on any atom is 0.161 e. The molecule has 0 radical (unpaired) electrons. The Labute approximate surface area is 140 Å². The van der Waals surface area contributed by atoms with Gasteiger partial charge in [0.05, 0.1) is 0 Å². The molecule has 0 spiro atoms. The Hall–Kier alpha value is -1.55. The summed E-state index contributed by atoms with van der Waals surface area (Å²) < 4.78 is 13.9. The highest BCUT2D eigenvalue weighted by Gasteiger charge is 2.38. The number of halogens is 1. The highest BCUT2D eigenvalue weighted by molar-refractivity contribution is 8.03. The van der Waals surface area contributed by atoms with Gasteiger partial charge in [0.2, 0.25) is 0 Å². The number of hydrogen-bond donors (Lipinski definition) is 1. The summed E-state index contributed by atoms with van der Waals surface area (Å²) in [5.41, 5.74) is 5.11. The Bertz CT molecular complexity index is 750. The molecule has 2 nitrogen and oxygen atoms in total. The van der Waals surface area contributed by atoms with Crippen LogP contribution < -0.4 is 5.32 Å². The van der Waals surface area contributed by atoms with Gasteiger partial charge in [-0.1, -0.05) is 19.1 Å². The summed E-state index contributed by atoms with van der Waals surface area (Å²) in [5.74, 6) is 1.17. The van der Waals surface area contributed by atoms with Crippen LogP contribution in [0.15, 0.2) is 40.1 Å². The second-order valence-corrected chi connectivity index (χ2v) is 7.51. The van der Waals surface area contributed by atoms with Crippen LogP contribution in [-0.2, 0) is 11.2 Å². The third-order valence-corrected chi connectivity index (χ3v) is 6.20. The minimum absolute atomic E-state index is 0.00690. The van der Waals surface area contributed by atoms with Crippen molar-refractivity contribution in [1.29, 1.82) is 0 Å². The topological polar surface area (TPSA) is 29.1 Å².